The van der Waals surface area contributed by atoms with Gasteiger partial charge in [0, 0.05) is 17.5 Å². The van der Waals surface area contributed by atoms with Gasteiger partial charge in [0.25, 0.3) is 5.91 Å². The number of pyridine rings is 1. The molecule has 0 bridgehead atoms. The summed E-state index contributed by atoms with van der Waals surface area (Å²) in [5.74, 6) is 0.0372. The van der Waals surface area contributed by atoms with E-state index in [0.717, 1.165) is 5.69 Å². The average Bonchev–Trinajstić information content (AvgIpc) is 2.25. The summed E-state index contributed by atoms with van der Waals surface area (Å²) in [5, 5.41) is 11.9. The fourth-order valence-electron chi connectivity index (χ4n) is 1.36. The van der Waals surface area contributed by atoms with Gasteiger partial charge in [0.2, 0.25) is 0 Å². The van der Waals surface area contributed by atoms with E-state index in [1.807, 2.05) is 20.8 Å². The van der Waals surface area contributed by atoms with E-state index < -0.39 is 0 Å². The maximum atomic E-state index is 11.8. The number of carbonyl (C=O) groups excluding carboxylic acids is 1. The molecule has 0 radical (unpaired) electrons. The number of aliphatic hydroxyl groups excluding tert-OH is 1. The van der Waals surface area contributed by atoms with E-state index in [2.05, 4.69) is 10.3 Å². The minimum absolute atomic E-state index is 0.0481. The summed E-state index contributed by atoms with van der Waals surface area (Å²) in [6.07, 6.45) is 1.60. The molecule has 0 saturated heterocycles. The van der Waals surface area contributed by atoms with Crippen molar-refractivity contribution in [3.8, 4) is 0 Å². The summed E-state index contributed by atoms with van der Waals surface area (Å²) in [7, 11) is 0. The molecular weight excluding hydrogens is 204 g/mol. The first-order chi connectivity index (χ1) is 7.54. The Balaban J connectivity index is 2.72. The summed E-state index contributed by atoms with van der Waals surface area (Å²) in [6, 6.07) is 3.18. The summed E-state index contributed by atoms with van der Waals surface area (Å²) in [6.45, 7) is 5.70. The van der Waals surface area contributed by atoms with E-state index >= 15 is 0 Å². The van der Waals surface area contributed by atoms with Crippen molar-refractivity contribution in [1.82, 2.24) is 10.3 Å². The quantitative estimate of drug-likeness (QED) is 0.803. The molecule has 0 aliphatic heterocycles. The molecule has 1 amide bonds. The molecule has 0 aromatic carbocycles. The number of nitrogens with zero attached hydrogens (tertiary/aromatic N) is 1. The van der Waals surface area contributed by atoms with Crippen molar-refractivity contribution in [2.24, 2.45) is 5.92 Å². The van der Waals surface area contributed by atoms with Crippen molar-refractivity contribution in [3.05, 3.63) is 29.6 Å². The van der Waals surface area contributed by atoms with Gasteiger partial charge in [-0.05, 0) is 25.0 Å². The van der Waals surface area contributed by atoms with Gasteiger partial charge < -0.3 is 10.4 Å². The summed E-state index contributed by atoms with van der Waals surface area (Å²) >= 11 is 0. The third-order valence-electron chi connectivity index (χ3n) is 2.48. The van der Waals surface area contributed by atoms with Crippen molar-refractivity contribution < 1.29 is 9.90 Å². The lowest BCUT2D eigenvalue weighted by molar-refractivity contribution is 0.0896. The van der Waals surface area contributed by atoms with Gasteiger partial charge in [0.05, 0.1) is 12.6 Å². The number of nitrogens with one attached hydrogen (secondary N) is 1. The Morgan fingerprint density at radius 2 is 2.25 bits per heavy atom. The fraction of sp³-hybridized carbons (Fsp3) is 0.500. The topological polar surface area (TPSA) is 62.2 Å². The van der Waals surface area contributed by atoms with E-state index in [-0.39, 0.29) is 24.5 Å². The van der Waals surface area contributed by atoms with Crippen LogP contribution >= 0.6 is 0 Å². The van der Waals surface area contributed by atoms with Crippen molar-refractivity contribution in [2.75, 3.05) is 6.61 Å². The molecule has 0 aliphatic rings. The Morgan fingerprint density at radius 3 is 2.75 bits per heavy atom. The molecule has 16 heavy (non-hydrogen) atoms. The predicted octanol–water partition coefficient (Wildman–Crippen LogP) is 1.14. The van der Waals surface area contributed by atoms with Crippen molar-refractivity contribution in [3.63, 3.8) is 0 Å². The van der Waals surface area contributed by atoms with Gasteiger partial charge in [-0.25, -0.2) is 0 Å². The lowest BCUT2D eigenvalue weighted by Crippen LogP contribution is -2.41. The number of amides is 1. The number of carbonyl (C=O) groups is 1. The molecule has 4 nitrogen and oxygen atoms in total. The molecule has 0 saturated carbocycles. The number of aryl methyl sites for hydroxylation is 1. The zero-order chi connectivity index (χ0) is 12.1. The SMILES string of the molecule is Cc1cc(C(=O)NC(CO)C(C)C)ccn1. The zero-order valence-electron chi connectivity index (χ0n) is 9.90. The monoisotopic (exact) mass is 222 g/mol. The molecule has 1 aromatic heterocycles. The van der Waals surface area contributed by atoms with Crippen molar-refractivity contribution in [1.29, 1.82) is 0 Å². The first kappa shape index (κ1) is 12.6. The molecule has 4 heteroatoms. The van der Waals surface area contributed by atoms with Crippen LogP contribution in [0, 0.1) is 12.8 Å². The Kier molecular flexibility index (Phi) is 4.43. The highest BCUT2D eigenvalue weighted by Gasteiger charge is 2.16. The number of hydrogen-bond donors (Lipinski definition) is 2. The van der Waals surface area contributed by atoms with E-state index in [1.165, 1.54) is 0 Å². The predicted molar refractivity (Wildman–Crippen MR) is 62.2 cm³/mol. The molecule has 0 aliphatic carbocycles. The standard InChI is InChI=1S/C12H18N2O2/c1-8(2)11(7-15)14-12(16)10-4-5-13-9(3)6-10/h4-6,8,11,15H,7H2,1-3H3,(H,14,16). The van der Waals surface area contributed by atoms with Crippen LogP contribution in [0.3, 0.4) is 0 Å². The van der Waals surface area contributed by atoms with Gasteiger partial charge >= 0.3 is 0 Å². The largest absolute Gasteiger partial charge is 0.394 e. The zero-order valence-corrected chi connectivity index (χ0v) is 9.90. The van der Waals surface area contributed by atoms with Crippen LogP contribution < -0.4 is 5.32 Å². The first-order valence-corrected chi connectivity index (χ1v) is 5.39. The van der Waals surface area contributed by atoms with Crippen LogP contribution in [0.15, 0.2) is 18.3 Å². The molecule has 1 rings (SSSR count). The van der Waals surface area contributed by atoms with Gasteiger partial charge in [-0.1, -0.05) is 13.8 Å². The maximum Gasteiger partial charge on any atom is 0.251 e. The molecule has 1 aromatic rings. The highest BCUT2D eigenvalue weighted by atomic mass is 16.3. The number of hydrogen-bond acceptors (Lipinski definition) is 3. The number of aliphatic hydroxyl groups is 1. The maximum absolute atomic E-state index is 11.8. The van der Waals surface area contributed by atoms with Crippen LogP contribution in [0.25, 0.3) is 0 Å². The second-order valence-corrected chi connectivity index (χ2v) is 4.19. The highest BCUT2D eigenvalue weighted by molar-refractivity contribution is 5.94. The Bertz CT molecular complexity index is 364. The summed E-state index contributed by atoms with van der Waals surface area (Å²) < 4.78 is 0. The Labute approximate surface area is 95.7 Å². The summed E-state index contributed by atoms with van der Waals surface area (Å²) in [5.41, 5.74) is 1.38. The van der Waals surface area contributed by atoms with E-state index in [0.29, 0.717) is 5.56 Å². The van der Waals surface area contributed by atoms with Crippen LogP contribution in [-0.2, 0) is 0 Å². The number of rotatable bonds is 4. The molecule has 1 heterocycles. The molecule has 88 valence electrons. The highest BCUT2D eigenvalue weighted by Crippen LogP contribution is 2.04. The fourth-order valence-corrected chi connectivity index (χ4v) is 1.36. The van der Waals surface area contributed by atoms with Crippen molar-refractivity contribution >= 4 is 5.91 Å². The normalized spacial score (nSPS) is 12.6. The lowest BCUT2D eigenvalue weighted by Gasteiger charge is -2.19. The number of aromatic nitrogens is 1. The molecule has 2 N–H and O–H groups in total. The van der Waals surface area contributed by atoms with Crippen LogP contribution in [0.4, 0.5) is 0 Å². The third-order valence-corrected chi connectivity index (χ3v) is 2.48. The van der Waals surface area contributed by atoms with Crippen LogP contribution in [0.1, 0.15) is 29.9 Å². The lowest BCUT2D eigenvalue weighted by atomic mass is 10.0. The molecule has 1 unspecified atom stereocenters. The molecule has 1 atom stereocenters. The second-order valence-electron chi connectivity index (χ2n) is 4.19. The molecule has 0 spiro atoms. The minimum Gasteiger partial charge on any atom is -0.394 e. The Morgan fingerprint density at radius 1 is 1.56 bits per heavy atom. The smallest absolute Gasteiger partial charge is 0.251 e. The molecule has 0 fully saturated rings. The minimum atomic E-state index is -0.207. The first-order valence-electron chi connectivity index (χ1n) is 5.39. The van der Waals surface area contributed by atoms with Gasteiger partial charge in [-0.3, -0.25) is 9.78 Å². The van der Waals surface area contributed by atoms with Crippen LogP contribution in [-0.4, -0.2) is 28.6 Å². The molecular formula is C12H18N2O2. The van der Waals surface area contributed by atoms with Crippen LogP contribution in [0.2, 0.25) is 0 Å². The van der Waals surface area contributed by atoms with Gasteiger partial charge in [-0.2, -0.15) is 0 Å². The summed E-state index contributed by atoms with van der Waals surface area (Å²) in [4.78, 5) is 15.8. The van der Waals surface area contributed by atoms with Gasteiger partial charge in [0.1, 0.15) is 0 Å². The van der Waals surface area contributed by atoms with E-state index in [1.54, 1.807) is 18.3 Å². The second kappa shape index (κ2) is 5.61. The van der Waals surface area contributed by atoms with Gasteiger partial charge in [0.15, 0.2) is 0 Å². The van der Waals surface area contributed by atoms with Gasteiger partial charge in [-0.15, -0.1) is 0 Å². The van der Waals surface area contributed by atoms with Crippen molar-refractivity contribution in [2.45, 2.75) is 26.8 Å². The third kappa shape index (κ3) is 3.31. The van der Waals surface area contributed by atoms with E-state index in [9.17, 15) is 4.79 Å². The average molecular weight is 222 g/mol. The van der Waals surface area contributed by atoms with Crippen LogP contribution in [0.5, 0.6) is 0 Å². The van der Waals surface area contributed by atoms with E-state index in [4.69, 9.17) is 5.11 Å². The Hall–Kier alpha value is -1.42.